The van der Waals surface area contributed by atoms with Crippen molar-refractivity contribution >= 4 is 11.8 Å². The van der Waals surface area contributed by atoms with E-state index in [0.29, 0.717) is 30.5 Å². The molecule has 1 aromatic carbocycles. The fraction of sp³-hybridized carbons (Fsp3) is 0.704. The molecule has 2 amide bonds. The minimum atomic E-state index is -0.360. The number of hydrogen-bond acceptors (Lipinski definition) is 4. The molecule has 1 unspecified atom stereocenters. The number of hydrogen-bond donors (Lipinski definition) is 2. The van der Waals surface area contributed by atoms with Crippen molar-refractivity contribution in [2.24, 2.45) is 17.6 Å². The Bertz CT molecular complexity index is 799. The van der Waals surface area contributed by atoms with Gasteiger partial charge < -0.3 is 16.0 Å². The van der Waals surface area contributed by atoms with Crippen LogP contribution < -0.4 is 11.1 Å². The van der Waals surface area contributed by atoms with Gasteiger partial charge in [0.2, 0.25) is 11.8 Å². The summed E-state index contributed by atoms with van der Waals surface area (Å²) in [6.45, 7) is 6.80. The van der Waals surface area contributed by atoms with E-state index in [9.17, 15) is 9.59 Å². The topological polar surface area (TPSA) is 78.7 Å². The summed E-state index contributed by atoms with van der Waals surface area (Å²) >= 11 is 0. The van der Waals surface area contributed by atoms with Gasteiger partial charge in [-0.2, -0.15) is 0 Å². The van der Waals surface area contributed by atoms with E-state index in [1.807, 2.05) is 0 Å². The summed E-state index contributed by atoms with van der Waals surface area (Å²) in [4.78, 5) is 30.0. The highest BCUT2D eigenvalue weighted by atomic mass is 16.2. The monoisotopic (exact) mass is 454 g/mol. The third-order valence-electron chi connectivity index (χ3n) is 8.12. The molecule has 2 atom stereocenters. The molecular weight excluding hydrogens is 412 g/mol. The normalized spacial score (nSPS) is 28.1. The third-order valence-corrected chi connectivity index (χ3v) is 8.12. The first-order valence-electron chi connectivity index (χ1n) is 13.0. The van der Waals surface area contributed by atoms with Gasteiger partial charge in [0.05, 0.1) is 0 Å². The van der Waals surface area contributed by atoms with Crippen LogP contribution in [0.4, 0.5) is 0 Å². The quantitative estimate of drug-likeness (QED) is 0.632. The largest absolute Gasteiger partial charge is 0.354 e. The Morgan fingerprint density at radius 1 is 1.00 bits per heavy atom. The third kappa shape index (κ3) is 6.36. The number of piperidine rings is 1. The summed E-state index contributed by atoms with van der Waals surface area (Å²) in [5, 5.41) is 3.22. The van der Waals surface area contributed by atoms with Crippen molar-refractivity contribution in [1.82, 2.24) is 15.1 Å². The predicted octanol–water partition coefficient (Wildman–Crippen LogP) is 3.22. The van der Waals surface area contributed by atoms with Crippen LogP contribution in [0, 0.1) is 18.8 Å². The second-order valence-electron chi connectivity index (χ2n) is 10.7. The van der Waals surface area contributed by atoms with Crippen LogP contribution >= 0.6 is 0 Å². The van der Waals surface area contributed by atoms with Crippen molar-refractivity contribution in [3.8, 4) is 0 Å². The number of aryl methyl sites for hydroxylation is 1. The van der Waals surface area contributed by atoms with E-state index in [-0.39, 0.29) is 17.9 Å². The molecule has 1 aromatic rings. The lowest BCUT2D eigenvalue weighted by Gasteiger charge is -2.43. The first kappa shape index (κ1) is 24.2. The molecule has 1 saturated heterocycles. The first-order valence-corrected chi connectivity index (χ1v) is 13.0. The molecule has 4 rings (SSSR count). The maximum atomic E-state index is 13.3. The van der Waals surface area contributed by atoms with Crippen molar-refractivity contribution in [3.05, 3.63) is 35.4 Å². The van der Waals surface area contributed by atoms with Crippen molar-refractivity contribution in [2.45, 2.75) is 89.9 Å². The Morgan fingerprint density at radius 2 is 1.67 bits per heavy atom. The fourth-order valence-corrected chi connectivity index (χ4v) is 5.77. The van der Waals surface area contributed by atoms with Crippen LogP contribution in [-0.4, -0.2) is 59.4 Å². The van der Waals surface area contributed by atoms with Crippen LogP contribution in [0.3, 0.4) is 0 Å². The number of amides is 2. The maximum absolute atomic E-state index is 13.3. The number of carbonyl (C=O) groups excluding carboxylic acids is 2. The summed E-state index contributed by atoms with van der Waals surface area (Å²) in [6, 6.07) is 9.39. The molecule has 3 N–H and O–H groups in total. The Hall–Kier alpha value is -1.92. The van der Waals surface area contributed by atoms with Gasteiger partial charge >= 0.3 is 0 Å². The molecular formula is C27H42N4O2. The summed E-state index contributed by atoms with van der Waals surface area (Å²) in [5.41, 5.74) is 8.43. The SMILES string of the molecule is CC(=O)N1CCC(N(Cc2ccc(C)cc2)C2CC2)C[C@@H]1C(=O)NCC1CCC(CN)CC1. The molecule has 0 radical (unpaired) electrons. The van der Waals surface area contributed by atoms with Crippen LogP contribution in [0.1, 0.15) is 69.4 Å². The van der Waals surface area contributed by atoms with Crippen LogP contribution in [0.2, 0.25) is 0 Å². The summed E-state index contributed by atoms with van der Waals surface area (Å²) < 4.78 is 0. The zero-order valence-electron chi connectivity index (χ0n) is 20.5. The minimum absolute atomic E-state index is 0.00793. The van der Waals surface area contributed by atoms with E-state index in [2.05, 4.69) is 41.4 Å². The molecule has 2 saturated carbocycles. The van der Waals surface area contributed by atoms with Crippen molar-refractivity contribution in [3.63, 3.8) is 0 Å². The van der Waals surface area contributed by atoms with Gasteiger partial charge in [0.25, 0.3) is 0 Å². The highest BCUT2D eigenvalue weighted by Crippen LogP contribution is 2.35. The molecule has 0 bridgehead atoms. The zero-order valence-corrected chi connectivity index (χ0v) is 20.5. The fourth-order valence-electron chi connectivity index (χ4n) is 5.77. The second-order valence-corrected chi connectivity index (χ2v) is 10.7. The van der Waals surface area contributed by atoms with Crippen LogP contribution in [0.15, 0.2) is 24.3 Å². The van der Waals surface area contributed by atoms with E-state index in [1.54, 1.807) is 11.8 Å². The maximum Gasteiger partial charge on any atom is 0.242 e. The summed E-state index contributed by atoms with van der Waals surface area (Å²) in [5.74, 6) is 1.22. The van der Waals surface area contributed by atoms with E-state index >= 15 is 0 Å². The number of nitrogens with zero attached hydrogens (tertiary/aromatic N) is 2. The molecule has 0 aromatic heterocycles. The van der Waals surface area contributed by atoms with Crippen molar-refractivity contribution in [2.75, 3.05) is 19.6 Å². The molecule has 182 valence electrons. The minimum Gasteiger partial charge on any atom is -0.354 e. The second kappa shape index (κ2) is 11.0. The lowest BCUT2D eigenvalue weighted by Crippen LogP contribution is -2.57. The van der Waals surface area contributed by atoms with Gasteiger partial charge in [0.1, 0.15) is 6.04 Å². The average Bonchev–Trinajstić information content (AvgIpc) is 3.67. The molecule has 6 nitrogen and oxygen atoms in total. The number of benzene rings is 1. The lowest BCUT2D eigenvalue weighted by molar-refractivity contribution is -0.142. The van der Waals surface area contributed by atoms with Crippen LogP contribution in [-0.2, 0) is 16.1 Å². The summed E-state index contributed by atoms with van der Waals surface area (Å²) in [6.07, 6.45) is 8.75. The Kier molecular flexibility index (Phi) is 8.07. The number of nitrogens with two attached hydrogens (primary N) is 1. The van der Waals surface area contributed by atoms with Gasteiger partial charge in [-0.05, 0) is 82.2 Å². The smallest absolute Gasteiger partial charge is 0.242 e. The number of likely N-dealkylation sites (tertiary alicyclic amines) is 1. The molecule has 0 spiro atoms. The Morgan fingerprint density at radius 3 is 2.27 bits per heavy atom. The number of rotatable bonds is 8. The molecule has 3 fully saturated rings. The van der Waals surface area contributed by atoms with Gasteiger partial charge in [-0.1, -0.05) is 29.8 Å². The predicted molar refractivity (Wildman–Crippen MR) is 131 cm³/mol. The van der Waals surface area contributed by atoms with Crippen molar-refractivity contribution in [1.29, 1.82) is 0 Å². The van der Waals surface area contributed by atoms with Crippen LogP contribution in [0.25, 0.3) is 0 Å². The number of carbonyl (C=O) groups is 2. The first-order chi connectivity index (χ1) is 15.9. The van der Waals surface area contributed by atoms with E-state index in [4.69, 9.17) is 5.73 Å². The van der Waals surface area contributed by atoms with Gasteiger partial charge in [0.15, 0.2) is 0 Å². The molecule has 1 heterocycles. The van der Waals surface area contributed by atoms with E-state index in [1.165, 1.54) is 24.0 Å². The van der Waals surface area contributed by atoms with Crippen LogP contribution in [0.5, 0.6) is 0 Å². The van der Waals surface area contributed by atoms with Gasteiger partial charge in [-0.15, -0.1) is 0 Å². The molecule has 33 heavy (non-hydrogen) atoms. The molecule has 6 heteroatoms. The zero-order chi connectivity index (χ0) is 23.4. The average molecular weight is 455 g/mol. The number of nitrogens with one attached hydrogen (secondary N) is 1. The standard InChI is InChI=1S/C27H42N4O2/c1-19-3-5-23(6-4-19)18-31(24-11-12-24)25-13-14-30(20(2)32)26(15-25)27(33)29-17-22-9-7-21(16-28)8-10-22/h3-6,21-22,24-26H,7-18,28H2,1-2H3,(H,29,33)/t21?,22?,25?,26-/m1/s1. The molecule has 1 aliphatic heterocycles. The lowest BCUT2D eigenvalue weighted by atomic mass is 9.82. The van der Waals surface area contributed by atoms with E-state index < -0.39 is 0 Å². The highest BCUT2D eigenvalue weighted by Gasteiger charge is 2.41. The van der Waals surface area contributed by atoms with Crippen molar-refractivity contribution < 1.29 is 9.59 Å². The van der Waals surface area contributed by atoms with Gasteiger partial charge in [-0.3, -0.25) is 14.5 Å². The Balaban J connectivity index is 1.38. The van der Waals surface area contributed by atoms with Gasteiger partial charge in [-0.25, -0.2) is 0 Å². The van der Waals surface area contributed by atoms with Gasteiger partial charge in [0, 0.05) is 38.6 Å². The molecule has 2 aliphatic carbocycles. The Labute approximate surface area is 199 Å². The summed E-state index contributed by atoms with van der Waals surface area (Å²) in [7, 11) is 0. The highest BCUT2D eigenvalue weighted by molar-refractivity contribution is 5.87. The van der Waals surface area contributed by atoms with E-state index in [0.717, 1.165) is 58.2 Å². The molecule has 3 aliphatic rings.